The quantitative estimate of drug-likeness (QED) is 0.706. The van der Waals surface area contributed by atoms with Gasteiger partial charge in [-0.25, -0.2) is 0 Å². The fraction of sp³-hybridized carbons (Fsp3) is 0.944. The first kappa shape index (κ1) is 19.4. The first-order valence-corrected chi connectivity index (χ1v) is 8.67. The van der Waals surface area contributed by atoms with Crippen molar-refractivity contribution in [2.24, 2.45) is 5.41 Å². The van der Waals surface area contributed by atoms with Gasteiger partial charge >= 0.3 is 5.97 Å². The molecule has 1 aliphatic rings. The van der Waals surface area contributed by atoms with E-state index in [1.807, 2.05) is 13.8 Å². The van der Waals surface area contributed by atoms with Crippen LogP contribution in [-0.4, -0.2) is 46.2 Å². The summed E-state index contributed by atoms with van der Waals surface area (Å²) < 4.78 is 0. The SMILES string of the molecule is CCCCNC1CC(C)(C)N(CC(C)(C)C(=O)O)C(C)(C)C1. The molecule has 0 amide bonds. The van der Waals surface area contributed by atoms with E-state index in [9.17, 15) is 9.90 Å². The first-order valence-electron chi connectivity index (χ1n) is 8.67. The van der Waals surface area contributed by atoms with E-state index in [0.29, 0.717) is 12.6 Å². The number of likely N-dealkylation sites (tertiary alicyclic amines) is 1. The fourth-order valence-electron chi connectivity index (χ4n) is 3.84. The van der Waals surface area contributed by atoms with Gasteiger partial charge in [0.2, 0.25) is 0 Å². The Morgan fingerprint density at radius 1 is 1.23 bits per heavy atom. The minimum absolute atomic E-state index is 0.00164. The van der Waals surface area contributed by atoms with E-state index in [1.165, 1.54) is 12.8 Å². The standard InChI is InChI=1S/C18H36N2O2/c1-8-9-10-19-14-11-17(4,5)20(18(6,7)12-14)13-16(2,3)15(21)22/h14,19H,8-13H2,1-7H3,(H,21,22). The number of nitrogens with one attached hydrogen (secondary N) is 1. The minimum Gasteiger partial charge on any atom is -0.481 e. The van der Waals surface area contributed by atoms with Gasteiger partial charge in [-0.3, -0.25) is 9.69 Å². The predicted molar refractivity (Wildman–Crippen MR) is 92.2 cm³/mol. The van der Waals surface area contributed by atoms with E-state index in [1.54, 1.807) is 0 Å². The molecule has 1 fully saturated rings. The third-order valence-corrected chi connectivity index (χ3v) is 5.05. The highest BCUT2D eigenvalue weighted by Gasteiger charge is 2.47. The normalized spacial score (nSPS) is 22.7. The lowest BCUT2D eigenvalue weighted by atomic mass is 9.75. The van der Waals surface area contributed by atoms with Gasteiger partial charge in [0.1, 0.15) is 0 Å². The molecule has 0 aliphatic carbocycles. The maximum absolute atomic E-state index is 11.5. The van der Waals surface area contributed by atoms with Gasteiger partial charge in [-0.2, -0.15) is 0 Å². The topological polar surface area (TPSA) is 52.6 Å². The van der Waals surface area contributed by atoms with Crippen LogP contribution in [0.3, 0.4) is 0 Å². The Kier molecular flexibility index (Phi) is 6.07. The lowest BCUT2D eigenvalue weighted by molar-refractivity contribution is -0.152. The van der Waals surface area contributed by atoms with E-state index >= 15 is 0 Å². The van der Waals surface area contributed by atoms with Gasteiger partial charge in [-0.05, 0) is 67.3 Å². The molecule has 0 atom stereocenters. The average molecular weight is 312 g/mol. The number of hydrogen-bond acceptors (Lipinski definition) is 3. The van der Waals surface area contributed by atoms with Gasteiger partial charge in [0, 0.05) is 23.7 Å². The molecule has 0 bridgehead atoms. The highest BCUT2D eigenvalue weighted by atomic mass is 16.4. The zero-order valence-corrected chi connectivity index (χ0v) is 15.6. The number of unbranched alkanes of at least 4 members (excludes halogenated alkanes) is 1. The van der Waals surface area contributed by atoms with Crippen LogP contribution in [0.5, 0.6) is 0 Å². The zero-order chi connectivity index (χ0) is 17.2. The summed E-state index contributed by atoms with van der Waals surface area (Å²) in [6.45, 7) is 16.5. The minimum atomic E-state index is -0.725. The number of carbonyl (C=O) groups is 1. The second kappa shape index (κ2) is 6.88. The molecular formula is C18H36N2O2. The lowest BCUT2D eigenvalue weighted by Gasteiger charge is -2.57. The van der Waals surface area contributed by atoms with Crippen molar-refractivity contribution in [3.63, 3.8) is 0 Å². The van der Waals surface area contributed by atoms with Crippen LogP contribution in [0.2, 0.25) is 0 Å². The molecule has 1 rings (SSSR count). The largest absolute Gasteiger partial charge is 0.481 e. The number of rotatable bonds is 7. The number of carboxylic acids is 1. The molecule has 0 spiro atoms. The number of hydrogen-bond donors (Lipinski definition) is 2. The third-order valence-electron chi connectivity index (χ3n) is 5.05. The molecule has 0 aromatic carbocycles. The van der Waals surface area contributed by atoms with Crippen molar-refractivity contribution in [2.75, 3.05) is 13.1 Å². The summed E-state index contributed by atoms with van der Waals surface area (Å²) in [7, 11) is 0. The number of carboxylic acid groups (broad SMARTS) is 1. The molecule has 0 saturated carbocycles. The van der Waals surface area contributed by atoms with Gasteiger partial charge in [-0.15, -0.1) is 0 Å². The smallest absolute Gasteiger partial charge is 0.310 e. The highest BCUT2D eigenvalue weighted by molar-refractivity contribution is 5.73. The van der Waals surface area contributed by atoms with Crippen LogP contribution >= 0.6 is 0 Å². The molecule has 0 aromatic heterocycles. The molecule has 0 aromatic rings. The van der Waals surface area contributed by atoms with Crippen LogP contribution in [0, 0.1) is 5.41 Å². The highest BCUT2D eigenvalue weighted by Crippen LogP contribution is 2.40. The molecule has 0 unspecified atom stereocenters. The average Bonchev–Trinajstić information content (AvgIpc) is 2.33. The van der Waals surface area contributed by atoms with Gasteiger partial charge < -0.3 is 10.4 Å². The van der Waals surface area contributed by atoms with Crippen LogP contribution in [0.4, 0.5) is 0 Å². The van der Waals surface area contributed by atoms with E-state index in [0.717, 1.165) is 19.4 Å². The second-order valence-electron chi connectivity index (χ2n) is 8.81. The molecule has 4 nitrogen and oxygen atoms in total. The Morgan fingerprint density at radius 2 is 1.73 bits per heavy atom. The van der Waals surface area contributed by atoms with Crippen molar-refractivity contribution in [3.05, 3.63) is 0 Å². The number of piperidine rings is 1. The third kappa shape index (κ3) is 4.69. The molecule has 0 radical (unpaired) electrons. The maximum atomic E-state index is 11.5. The Hall–Kier alpha value is -0.610. The van der Waals surface area contributed by atoms with Gasteiger partial charge in [0.15, 0.2) is 0 Å². The van der Waals surface area contributed by atoms with Crippen molar-refractivity contribution in [2.45, 2.75) is 91.3 Å². The summed E-state index contributed by atoms with van der Waals surface area (Å²) in [6, 6.07) is 0.515. The Balaban J connectivity index is 2.85. The molecule has 4 heteroatoms. The van der Waals surface area contributed by atoms with Crippen LogP contribution in [0.1, 0.15) is 74.1 Å². The van der Waals surface area contributed by atoms with Gasteiger partial charge in [0.05, 0.1) is 5.41 Å². The van der Waals surface area contributed by atoms with Gasteiger partial charge in [-0.1, -0.05) is 13.3 Å². The van der Waals surface area contributed by atoms with E-state index in [-0.39, 0.29) is 11.1 Å². The fourth-order valence-corrected chi connectivity index (χ4v) is 3.84. The lowest BCUT2D eigenvalue weighted by Crippen LogP contribution is -2.65. The van der Waals surface area contributed by atoms with Crippen LogP contribution in [0.15, 0.2) is 0 Å². The van der Waals surface area contributed by atoms with Crippen LogP contribution in [0.25, 0.3) is 0 Å². The molecule has 1 saturated heterocycles. The van der Waals surface area contributed by atoms with E-state index < -0.39 is 11.4 Å². The van der Waals surface area contributed by atoms with Crippen molar-refractivity contribution < 1.29 is 9.90 Å². The summed E-state index contributed by atoms with van der Waals surface area (Å²) in [5.41, 5.74) is -0.728. The Labute approximate surface area is 136 Å². The Morgan fingerprint density at radius 3 is 2.14 bits per heavy atom. The van der Waals surface area contributed by atoms with Gasteiger partial charge in [0.25, 0.3) is 0 Å². The molecule has 1 heterocycles. The van der Waals surface area contributed by atoms with Crippen molar-refractivity contribution >= 4 is 5.97 Å². The Bertz CT molecular complexity index is 371. The maximum Gasteiger partial charge on any atom is 0.310 e. The number of nitrogens with zero attached hydrogens (tertiary/aromatic N) is 1. The van der Waals surface area contributed by atoms with Crippen molar-refractivity contribution in [1.29, 1.82) is 0 Å². The van der Waals surface area contributed by atoms with Crippen LogP contribution < -0.4 is 5.32 Å². The van der Waals surface area contributed by atoms with Crippen molar-refractivity contribution in [1.82, 2.24) is 10.2 Å². The molecule has 2 N–H and O–H groups in total. The summed E-state index contributed by atoms with van der Waals surface area (Å²) in [5.74, 6) is -0.720. The monoisotopic (exact) mass is 312 g/mol. The summed E-state index contributed by atoms with van der Waals surface area (Å²) in [4.78, 5) is 13.9. The summed E-state index contributed by atoms with van der Waals surface area (Å²) in [6.07, 6.45) is 4.56. The second-order valence-corrected chi connectivity index (χ2v) is 8.81. The summed E-state index contributed by atoms with van der Waals surface area (Å²) >= 11 is 0. The summed E-state index contributed by atoms with van der Waals surface area (Å²) in [5, 5.41) is 13.2. The predicted octanol–water partition coefficient (Wildman–Crippen LogP) is 3.51. The molecule has 130 valence electrons. The van der Waals surface area contributed by atoms with E-state index in [2.05, 4.69) is 44.8 Å². The van der Waals surface area contributed by atoms with Crippen LogP contribution in [-0.2, 0) is 4.79 Å². The first-order chi connectivity index (χ1) is 9.92. The number of aliphatic carboxylic acids is 1. The molecule has 22 heavy (non-hydrogen) atoms. The molecule has 1 aliphatic heterocycles. The van der Waals surface area contributed by atoms with Crippen molar-refractivity contribution in [3.8, 4) is 0 Å². The van der Waals surface area contributed by atoms with E-state index in [4.69, 9.17) is 0 Å². The molecular weight excluding hydrogens is 276 g/mol. The zero-order valence-electron chi connectivity index (χ0n) is 15.6.